The lowest BCUT2D eigenvalue weighted by Gasteiger charge is -2.18. The van der Waals surface area contributed by atoms with Crippen molar-refractivity contribution in [2.24, 2.45) is 5.92 Å². The van der Waals surface area contributed by atoms with E-state index in [-0.39, 0.29) is 28.2 Å². The lowest BCUT2D eigenvalue weighted by molar-refractivity contribution is -0.384. The second-order valence-electron chi connectivity index (χ2n) is 4.84. The largest absolute Gasteiger partial charge is 0.387 e. The van der Waals surface area contributed by atoms with Crippen LogP contribution >= 0.6 is 0 Å². The molecule has 20 heavy (non-hydrogen) atoms. The molecule has 0 fully saturated rings. The average molecular weight is 301 g/mol. The van der Waals surface area contributed by atoms with Crippen LogP contribution in [0, 0.1) is 16.0 Å². The van der Waals surface area contributed by atoms with Crippen LogP contribution in [0.5, 0.6) is 0 Å². The summed E-state index contributed by atoms with van der Waals surface area (Å²) >= 11 is 0. The fraction of sp³-hybridized carbons (Fsp3) is 0.500. The molecule has 0 radical (unpaired) electrons. The van der Waals surface area contributed by atoms with Gasteiger partial charge in [-0.05, 0) is 18.9 Å². The third kappa shape index (κ3) is 3.67. The Hall–Kier alpha value is -1.67. The van der Waals surface area contributed by atoms with Gasteiger partial charge in [-0.3, -0.25) is 10.1 Å². The van der Waals surface area contributed by atoms with Crippen LogP contribution in [0.1, 0.15) is 20.8 Å². The van der Waals surface area contributed by atoms with Gasteiger partial charge in [-0.2, -0.15) is 0 Å². The topological polar surface area (TPSA) is 101 Å². The first-order chi connectivity index (χ1) is 9.19. The molecule has 7 nitrogen and oxygen atoms in total. The van der Waals surface area contributed by atoms with Crippen molar-refractivity contribution in [3.05, 3.63) is 28.3 Å². The van der Waals surface area contributed by atoms with Crippen LogP contribution < -0.4 is 10.0 Å². The fourth-order valence-electron chi connectivity index (χ4n) is 1.51. The number of nitrogens with one attached hydrogen (secondary N) is 2. The van der Waals surface area contributed by atoms with E-state index < -0.39 is 14.9 Å². The Morgan fingerprint density at radius 3 is 2.30 bits per heavy atom. The van der Waals surface area contributed by atoms with Crippen LogP contribution in [0.4, 0.5) is 11.4 Å². The number of non-ortho nitro benzene ring substituents is 1. The van der Waals surface area contributed by atoms with Crippen LogP contribution in [0.25, 0.3) is 0 Å². The lowest BCUT2D eigenvalue weighted by atomic mass is 10.1. The van der Waals surface area contributed by atoms with Gasteiger partial charge in [-0.1, -0.05) is 13.8 Å². The molecule has 0 aliphatic rings. The Morgan fingerprint density at radius 1 is 1.25 bits per heavy atom. The summed E-state index contributed by atoms with van der Waals surface area (Å²) in [6.07, 6.45) is 0. The molecule has 0 saturated carbocycles. The molecule has 0 aromatic heterocycles. The molecule has 1 rings (SSSR count). The van der Waals surface area contributed by atoms with E-state index in [4.69, 9.17) is 0 Å². The number of nitro benzene ring substituents is 1. The number of nitro groups is 1. The van der Waals surface area contributed by atoms with E-state index >= 15 is 0 Å². The Kier molecular flexibility index (Phi) is 5.07. The van der Waals surface area contributed by atoms with Crippen molar-refractivity contribution in [3.8, 4) is 0 Å². The summed E-state index contributed by atoms with van der Waals surface area (Å²) in [5.74, 6) is 0.140. The van der Waals surface area contributed by atoms with Crippen molar-refractivity contribution in [1.29, 1.82) is 0 Å². The minimum absolute atomic E-state index is 0.00176. The molecule has 0 heterocycles. The Morgan fingerprint density at radius 2 is 1.85 bits per heavy atom. The summed E-state index contributed by atoms with van der Waals surface area (Å²) in [7, 11) is -2.21. The van der Waals surface area contributed by atoms with Crippen LogP contribution in [0.3, 0.4) is 0 Å². The summed E-state index contributed by atoms with van der Waals surface area (Å²) in [6, 6.07) is 3.38. The Bertz CT molecular complexity index is 599. The van der Waals surface area contributed by atoms with Gasteiger partial charge in [0.25, 0.3) is 5.69 Å². The molecular weight excluding hydrogens is 282 g/mol. The van der Waals surface area contributed by atoms with Gasteiger partial charge in [-0.25, -0.2) is 13.1 Å². The summed E-state index contributed by atoms with van der Waals surface area (Å²) < 4.78 is 27.1. The van der Waals surface area contributed by atoms with Gasteiger partial charge in [0.1, 0.15) is 4.90 Å². The first-order valence-electron chi connectivity index (χ1n) is 6.17. The van der Waals surface area contributed by atoms with Gasteiger partial charge in [0.05, 0.1) is 10.6 Å². The SMILES string of the molecule is CNc1cc([N+](=O)[O-])ccc1S(=O)(=O)NC(C)C(C)C. The number of anilines is 1. The summed E-state index contributed by atoms with van der Waals surface area (Å²) in [6.45, 7) is 5.58. The van der Waals surface area contributed by atoms with Crippen LogP contribution in [0.15, 0.2) is 23.1 Å². The molecule has 1 unspecified atom stereocenters. The summed E-state index contributed by atoms with van der Waals surface area (Å²) in [5.41, 5.74) is 0.0351. The maximum atomic E-state index is 12.3. The zero-order chi connectivity index (χ0) is 15.5. The van der Waals surface area contributed by atoms with Gasteiger partial charge < -0.3 is 5.32 Å². The normalized spacial score (nSPS) is 13.2. The zero-order valence-electron chi connectivity index (χ0n) is 11.9. The van der Waals surface area contributed by atoms with Crippen molar-refractivity contribution >= 4 is 21.4 Å². The van der Waals surface area contributed by atoms with Crippen molar-refractivity contribution in [3.63, 3.8) is 0 Å². The molecule has 0 amide bonds. The number of benzene rings is 1. The second-order valence-corrected chi connectivity index (χ2v) is 6.52. The molecule has 0 saturated heterocycles. The number of sulfonamides is 1. The van der Waals surface area contributed by atoms with Crippen LogP contribution in [0.2, 0.25) is 0 Å². The average Bonchev–Trinajstić information content (AvgIpc) is 2.37. The highest BCUT2D eigenvalue weighted by Crippen LogP contribution is 2.26. The van der Waals surface area contributed by atoms with Crippen molar-refractivity contribution in [2.45, 2.75) is 31.7 Å². The minimum atomic E-state index is -3.72. The highest BCUT2D eigenvalue weighted by molar-refractivity contribution is 7.89. The molecule has 1 aromatic rings. The molecule has 1 atom stereocenters. The van der Waals surface area contributed by atoms with Gasteiger partial charge in [-0.15, -0.1) is 0 Å². The van der Waals surface area contributed by atoms with E-state index in [2.05, 4.69) is 10.0 Å². The van der Waals surface area contributed by atoms with E-state index in [0.29, 0.717) is 0 Å². The third-order valence-corrected chi connectivity index (χ3v) is 4.69. The molecule has 2 N–H and O–H groups in total. The summed E-state index contributed by atoms with van der Waals surface area (Å²) in [4.78, 5) is 10.1. The molecule has 0 bridgehead atoms. The smallest absolute Gasteiger partial charge is 0.271 e. The van der Waals surface area contributed by atoms with Gasteiger partial charge in [0.15, 0.2) is 0 Å². The zero-order valence-corrected chi connectivity index (χ0v) is 12.7. The highest BCUT2D eigenvalue weighted by Gasteiger charge is 2.23. The molecule has 112 valence electrons. The quantitative estimate of drug-likeness (QED) is 0.618. The number of hydrogen-bond donors (Lipinski definition) is 2. The molecule has 8 heteroatoms. The predicted octanol–water partition coefficient (Wildman–Crippen LogP) is 1.96. The molecule has 0 aliphatic heterocycles. The molecule has 0 aliphatic carbocycles. The molecule has 1 aromatic carbocycles. The van der Waals surface area contributed by atoms with Crippen LogP contribution in [-0.4, -0.2) is 26.4 Å². The van der Waals surface area contributed by atoms with Crippen molar-refractivity contribution in [2.75, 3.05) is 12.4 Å². The predicted molar refractivity (Wildman–Crippen MR) is 77.3 cm³/mol. The summed E-state index contributed by atoms with van der Waals surface area (Å²) in [5, 5.41) is 13.4. The van der Waals surface area contributed by atoms with E-state index in [0.717, 1.165) is 0 Å². The van der Waals surface area contributed by atoms with Crippen LogP contribution in [-0.2, 0) is 10.0 Å². The fourth-order valence-corrected chi connectivity index (χ4v) is 3.09. The maximum absolute atomic E-state index is 12.3. The Labute approximate surface area is 118 Å². The van der Waals surface area contributed by atoms with E-state index in [1.54, 1.807) is 6.92 Å². The number of rotatable bonds is 6. The van der Waals surface area contributed by atoms with E-state index in [9.17, 15) is 18.5 Å². The second kappa shape index (κ2) is 6.19. The number of nitrogens with zero attached hydrogens (tertiary/aromatic N) is 1. The van der Waals surface area contributed by atoms with Gasteiger partial charge in [0.2, 0.25) is 10.0 Å². The monoisotopic (exact) mass is 301 g/mol. The molecular formula is C12H19N3O4S. The maximum Gasteiger partial charge on any atom is 0.271 e. The lowest BCUT2D eigenvalue weighted by Crippen LogP contribution is -2.36. The first kappa shape index (κ1) is 16.4. The van der Waals surface area contributed by atoms with E-state index in [1.807, 2.05) is 13.8 Å². The van der Waals surface area contributed by atoms with E-state index in [1.165, 1.54) is 25.2 Å². The minimum Gasteiger partial charge on any atom is -0.387 e. The third-order valence-electron chi connectivity index (χ3n) is 3.07. The van der Waals surface area contributed by atoms with Crippen molar-refractivity contribution in [1.82, 2.24) is 4.72 Å². The van der Waals surface area contributed by atoms with Gasteiger partial charge >= 0.3 is 0 Å². The van der Waals surface area contributed by atoms with Gasteiger partial charge in [0, 0.05) is 25.2 Å². The molecule has 0 spiro atoms. The first-order valence-corrected chi connectivity index (χ1v) is 7.66. The van der Waals surface area contributed by atoms with Crippen molar-refractivity contribution < 1.29 is 13.3 Å². The number of hydrogen-bond acceptors (Lipinski definition) is 5. The standard InChI is InChI=1S/C12H19N3O4S/c1-8(2)9(3)14-20(18,19)12-6-5-10(15(16)17)7-11(12)13-4/h5-9,13-14H,1-4H3. The highest BCUT2D eigenvalue weighted by atomic mass is 32.2. The Balaban J connectivity index is 3.21.